The van der Waals surface area contributed by atoms with Gasteiger partial charge in [-0.1, -0.05) is 25.7 Å². The van der Waals surface area contributed by atoms with Gasteiger partial charge in [-0.05, 0) is 18.9 Å². The second-order valence-electron chi connectivity index (χ2n) is 4.92. The summed E-state index contributed by atoms with van der Waals surface area (Å²) in [5.74, 6) is 2.73. The molecule has 0 aliphatic heterocycles. The van der Waals surface area contributed by atoms with E-state index in [1.807, 2.05) is 13.8 Å². The summed E-state index contributed by atoms with van der Waals surface area (Å²) in [5.41, 5.74) is 4.96. The lowest BCUT2D eigenvalue weighted by molar-refractivity contribution is 0.472. The number of hydrogen-bond donors (Lipinski definition) is 2. The Hall–Kier alpha value is -1.49. The summed E-state index contributed by atoms with van der Waals surface area (Å²) in [5, 5.41) is 0. The van der Waals surface area contributed by atoms with Crippen molar-refractivity contribution in [2.45, 2.75) is 31.7 Å². The van der Waals surface area contributed by atoms with Gasteiger partial charge in [-0.15, -0.1) is 0 Å². The van der Waals surface area contributed by atoms with E-state index in [0.29, 0.717) is 6.07 Å². The lowest BCUT2D eigenvalue weighted by Gasteiger charge is -2.18. The SMILES string of the molecule is CC(C)C(C)NS(=O)(=O)c1c(F)cc(F)cc1C#CCN. The summed E-state index contributed by atoms with van der Waals surface area (Å²) in [6, 6.07) is 0.984. The minimum absolute atomic E-state index is 0.0156. The molecule has 0 saturated carbocycles. The molecule has 1 unspecified atom stereocenters. The van der Waals surface area contributed by atoms with Gasteiger partial charge in [-0.25, -0.2) is 21.9 Å². The second kappa shape index (κ2) is 6.98. The van der Waals surface area contributed by atoms with E-state index in [1.54, 1.807) is 6.92 Å². The Morgan fingerprint density at radius 3 is 2.43 bits per heavy atom. The van der Waals surface area contributed by atoms with Crippen LogP contribution in [0.5, 0.6) is 0 Å². The molecule has 1 aromatic rings. The van der Waals surface area contributed by atoms with E-state index in [-0.39, 0.29) is 18.0 Å². The van der Waals surface area contributed by atoms with Crippen molar-refractivity contribution in [1.82, 2.24) is 4.72 Å². The molecule has 7 heteroatoms. The van der Waals surface area contributed by atoms with Gasteiger partial charge in [-0.3, -0.25) is 0 Å². The lowest BCUT2D eigenvalue weighted by atomic mass is 10.1. The van der Waals surface area contributed by atoms with Crippen LogP contribution in [0.25, 0.3) is 0 Å². The number of benzene rings is 1. The van der Waals surface area contributed by atoms with Crippen molar-refractivity contribution in [1.29, 1.82) is 0 Å². The Morgan fingerprint density at radius 2 is 1.90 bits per heavy atom. The molecule has 0 aromatic heterocycles. The topological polar surface area (TPSA) is 72.2 Å². The Bertz CT molecular complexity index is 676. The van der Waals surface area contributed by atoms with Gasteiger partial charge in [0.15, 0.2) is 0 Å². The fraction of sp³-hybridized carbons (Fsp3) is 0.429. The molecule has 3 N–H and O–H groups in total. The molecule has 4 nitrogen and oxygen atoms in total. The van der Waals surface area contributed by atoms with Crippen LogP contribution in [0, 0.1) is 29.4 Å². The zero-order valence-corrected chi connectivity index (χ0v) is 12.9. The van der Waals surface area contributed by atoms with E-state index in [4.69, 9.17) is 5.73 Å². The highest BCUT2D eigenvalue weighted by atomic mass is 32.2. The number of hydrogen-bond acceptors (Lipinski definition) is 3. The summed E-state index contributed by atoms with van der Waals surface area (Å²) in [6.07, 6.45) is 0. The first-order valence-corrected chi connectivity index (χ1v) is 7.87. The quantitative estimate of drug-likeness (QED) is 0.829. The number of nitrogens with two attached hydrogens (primary N) is 1. The van der Waals surface area contributed by atoms with Crippen LogP contribution in [0.4, 0.5) is 8.78 Å². The van der Waals surface area contributed by atoms with Crippen molar-refractivity contribution in [2.75, 3.05) is 6.54 Å². The molecule has 0 saturated heterocycles. The molecule has 0 heterocycles. The Morgan fingerprint density at radius 1 is 1.29 bits per heavy atom. The average Bonchev–Trinajstić information content (AvgIpc) is 2.34. The van der Waals surface area contributed by atoms with Crippen molar-refractivity contribution < 1.29 is 17.2 Å². The molecule has 0 aliphatic rings. The van der Waals surface area contributed by atoms with Crippen LogP contribution in [0.1, 0.15) is 26.3 Å². The van der Waals surface area contributed by atoms with Crippen LogP contribution >= 0.6 is 0 Å². The molecule has 0 aliphatic carbocycles. The molecule has 0 bridgehead atoms. The third kappa shape index (κ3) is 4.49. The molecule has 0 fully saturated rings. The third-order valence-corrected chi connectivity index (χ3v) is 4.58. The standard InChI is InChI=1S/C14H18F2N2O2S/c1-9(2)10(3)18-21(19,20)14-11(5-4-6-17)7-12(15)8-13(14)16/h7-10,18H,6,17H2,1-3H3. The lowest BCUT2D eigenvalue weighted by Crippen LogP contribution is -2.36. The largest absolute Gasteiger partial charge is 0.320 e. The molecule has 1 aromatic carbocycles. The van der Waals surface area contributed by atoms with E-state index >= 15 is 0 Å². The second-order valence-corrected chi connectivity index (χ2v) is 6.58. The summed E-state index contributed by atoms with van der Waals surface area (Å²) in [6.45, 7) is 5.26. The summed E-state index contributed by atoms with van der Waals surface area (Å²) in [4.78, 5) is -0.655. The molecule has 21 heavy (non-hydrogen) atoms. The van der Waals surface area contributed by atoms with Gasteiger partial charge in [0, 0.05) is 12.1 Å². The highest BCUT2D eigenvalue weighted by molar-refractivity contribution is 7.89. The van der Waals surface area contributed by atoms with E-state index in [0.717, 1.165) is 6.07 Å². The van der Waals surface area contributed by atoms with Crippen molar-refractivity contribution >= 4 is 10.0 Å². The molecular weight excluding hydrogens is 298 g/mol. The van der Waals surface area contributed by atoms with E-state index < -0.39 is 32.6 Å². The molecule has 0 radical (unpaired) electrons. The summed E-state index contributed by atoms with van der Waals surface area (Å²) < 4.78 is 54.1. The minimum Gasteiger partial charge on any atom is -0.320 e. The minimum atomic E-state index is -4.15. The molecular formula is C14H18F2N2O2S. The first-order valence-electron chi connectivity index (χ1n) is 6.39. The average molecular weight is 316 g/mol. The van der Waals surface area contributed by atoms with Crippen molar-refractivity contribution in [3.8, 4) is 11.8 Å². The predicted molar refractivity (Wildman–Crippen MR) is 76.9 cm³/mol. The molecule has 0 spiro atoms. The maximum absolute atomic E-state index is 13.9. The fourth-order valence-electron chi connectivity index (χ4n) is 1.51. The van der Waals surface area contributed by atoms with Crippen molar-refractivity contribution in [2.24, 2.45) is 11.7 Å². The zero-order chi connectivity index (χ0) is 16.2. The first kappa shape index (κ1) is 17.6. The number of nitrogens with one attached hydrogen (secondary N) is 1. The maximum Gasteiger partial charge on any atom is 0.244 e. The van der Waals surface area contributed by atoms with Crippen LogP contribution < -0.4 is 10.5 Å². The molecule has 116 valence electrons. The molecule has 1 rings (SSSR count). The van der Waals surface area contributed by atoms with Crippen molar-refractivity contribution in [3.63, 3.8) is 0 Å². The summed E-state index contributed by atoms with van der Waals surface area (Å²) in [7, 11) is -4.15. The van der Waals surface area contributed by atoms with Gasteiger partial charge in [-0.2, -0.15) is 0 Å². The third-order valence-electron chi connectivity index (χ3n) is 2.94. The highest BCUT2D eigenvalue weighted by Gasteiger charge is 2.26. The van der Waals surface area contributed by atoms with Crippen molar-refractivity contribution in [3.05, 3.63) is 29.3 Å². The molecule has 0 amide bonds. The number of sulfonamides is 1. The number of halogens is 2. The van der Waals surface area contributed by atoms with E-state index in [2.05, 4.69) is 16.6 Å². The van der Waals surface area contributed by atoms with Crippen LogP contribution in [0.3, 0.4) is 0 Å². The highest BCUT2D eigenvalue weighted by Crippen LogP contribution is 2.21. The van der Waals surface area contributed by atoms with E-state index in [9.17, 15) is 17.2 Å². The van der Waals surface area contributed by atoms with Gasteiger partial charge in [0.2, 0.25) is 10.0 Å². The smallest absolute Gasteiger partial charge is 0.244 e. The summed E-state index contributed by atoms with van der Waals surface area (Å²) >= 11 is 0. The number of rotatable bonds is 4. The van der Waals surface area contributed by atoms with Gasteiger partial charge < -0.3 is 5.73 Å². The van der Waals surface area contributed by atoms with Gasteiger partial charge >= 0.3 is 0 Å². The normalized spacial score (nSPS) is 12.9. The van der Waals surface area contributed by atoms with Crippen LogP contribution in [-0.4, -0.2) is 21.0 Å². The zero-order valence-electron chi connectivity index (χ0n) is 12.1. The van der Waals surface area contributed by atoms with Crippen LogP contribution in [0.15, 0.2) is 17.0 Å². The Balaban J connectivity index is 3.40. The van der Waals surface area contributed by atoms with Gasteiger partial charge in [0.05, 0.1) is 12.1 Å². The van der Waals surface area contributed by atoms with Gasteiger partial charge in [0.1, 0.15) is 16.5 Å². The monoisotopic (exact) mass is 316 g/mol. The van der Waals surface area contributed by atoms with E-state index in [1.165, 1.54) is 0 Å². The molecule has 1 atom stereocenters. The predicted octanol–water partition coefficient (Wildman–Crippen LogP) is 1.60. The van der Waals surface area contributed by atoms with Crippen LogP contribution in [0.2, 0.25) is 0 Å². The van der Waals surface area contributed by atoms with Gasteiger partial charge in [0.25, 0.3) is 0 Å². The first-order chi connectivity index (χ1) is 9.69. The Labute approximate surface area is 123 Å². The Kier molecular flexibility index (Phi) is 5.84. The van der Waals surface area contributed by atoms with Crippen LogP contribution in [-0.2, 0) is 10.0 Å². The maximum atomic E-state index is 13.9. The fourth-order valence-corrected chi connectivity index (χ4v) is 3.11.